The molecule has 1 aromatic rings. The zero-order valence-corrected chi connectivity index (χ0v) is 14.1. The molecule has 25 heavy (non-hydrogen) atoms. The summed E-state index contributed by atoms with van der Waals surface area (Å²) in [5.41, 5.74) is 0.711. The fourth-order valence-electron chi connectivity index (χ4n) is 2.20. The zero-order valence-electron chi connectivity index (χ0n) is 13.2. The van der Waals surface area contributed by atoms with Crippen LogP contribution in [0.25, 0.3) is 0 Å². The van der Waals surface area contributed by atoms with Crippen molar-refractivity contribution in [3.8, 4) is 0 Å². The van der Waals surface area contributed by atoms with Crippen molar-refractivity contribution in [1.82, 2.24) is 10.6 Å². The Hall–Kier alpha value is -2.55. The molecule has 4 amide bonds. The van der Waals surface area contributed by atoms with Gasteiger partial charge in [0.25, 0.3) is 5.91 Å². The van der Waals surface area contributed by atoms with E-state index in [1.807, 2.05) is 18.2 Å². The number of imide groups is 1. The third kappa shape index (κ3) is 4.96. The van der Waals surface area contributed by atoms with Crippen LogP contribution in [0.2, 0.25) is 0 Å². The summed E-state index contributed by atoms with van der Waals surface area (Å²) in [7, 11) is 0. The average molecular weight is 363 g/mol. The molecule has 1 aliphatic heterocycles. The fourth-order valence-corrected chi connectivity index (χ4v) is 3.29. The number of benzene rings is 1. The van der Waals surface area contributed by atoms with Gasteiger partial charge in [-0.2, -0.15) is 0 Å². The average Bonchev–Trinajstić information content (AvgIpc) is 3.37. The lowest BCUT2D eigenvalue weighted by Crippen LogP contribution is -2.42. The van der Waals surface area contributed by atoms with Gasteiger partial charge in [-0.1, -0.05) is 12.1 Å². The van der Waals surface area contributed by atoms with Gasteiger partial charge in [0.15, 0.2) is 6.61 Å². The number of hydrogen-bond donors (Lipinski definition) is 3. The van der Waals surface area contributed by atoms with Crippen molar-refractivity contribution in [3.63, 3.8) is 0 Å². The van der Waals surface area contributed by atoms with Crippen LogP contribution in [-0.2, 0) is 19.1 Å². The molecule has 0 radical (unpaired) electrons. The third-order valence-corrected chi connectivity index (χ3v) is 4.86. The van der Waals surface area contributed by atoms with E-state index in [0.717, 1.165) is 17.7 Å². The van der Waals surface area contributed by atoms with Crippen molar-refractivity contribution < 1.29 is 23.9 Å². The van der Waals surface area contributed by atoms with Gasteiger partial charge < -0.3 is 15.4 Å². The van der Waals surface area contributed by atoms with Crippen molar-refractivity contribution in [3.05, 3.63) is 24.3 Å². The first kappa shape index (κ1) is 17.3. The van der Waals surface area contributed by atoms with Gasteiger partial charge in [0.2, 0.25) is 5.91 Å². The Balaban J connectivity index is 1.42. The Bertz CT molecular complexity index is 719. The van der Waals surface area contributed by atoms with Crippen LogP contribution in [0.3, 0.4) is 0 Å². The van der Waals surface area contributed by atoms with Crippen molar-refractivity contribution in [2.45, 2.75) is 35.4 Å². The summed E-state index contributed by atoms with van der Waals surface area (Å²) >= 11 is 1.27. The number of thioether (sulfide) groups is 1. The Morgan fingerprint density at radius 1 is 1.24 bits per heavy atom. The lowest BCUT2D eigenvalue weighted by molar-refractivity contribution is -0.148. The van der Waals surface area contributed by atoms with Crippen molar-refractivity contribution in [2.24, 2.45) is 0 Å². The van der Waals surface area contributed by atoms with E-state index in [1.54, 1.807) is 6.07 Å². The van der Waals surface area contributed by atoms with Crippen LogP contribution in [0.1, 0.15) is 19.3 Å². The van der Waals surface area contributed by atoms with Gasteiger partial charge in [-0.25, -0.2) is 4.79 Å². The molecule has 1 aromatic carbocycles. The number of esters is 1. The van der Waals surface area contributed by atoms with Crippen LogP contribution in [0.5, 0.6) is 0 Å². The van der Waals surface area contributed by atoms with Gasteiger partial charge in [0.1, 0.15) is 0 Å². The Kier molecular flexibility index (Phi) is 5.22. The van der Waals surface area contributed by atoms with Gasteiger partial charge >= 0.3 is 12.0 Å². The number of carbonyl (C=O) groups is 4. The second-order valence-electron chi connectivity index (χ2n) is 5.75. The minimum absolute atomic E-state index is 0.125. The summed E-state index contributed by atoms with van der Waals surface area (Å²) in [6.07, 6.45) is 1.65. The molecular weight excluding hydrogens is 346 g/mol. The monoisotopic (exact) mass is 363 g/mol. The first-order chi connectivity index (χ1) is 12.0. The molecule has 0 aromatic heterocycles. The first-order valence-electron chi connectivity index (χ1n) is 7.84. The van der Waals surface area contributed by atoms with Crippen molar-refractivity contribution >= 4 is 41.3 Å². The van der Waals surface area contributed by atoms with Gasteiger partial charge in [-0.3, -0.25) is 19.7 Å². The summed E-state index contributed by atoms with van der Waals surface area (Å²) in [6, 6.07) is 6.82. The van der Waals surface area contributed by atoms with E-state index < -0.39 is 29.8 Å². The summed E-state index contributed by atoms with van der Waals surface area (Å²) < 4.78 is 4.84. The van der Waals surface area contributed by atoms with Gasteiger partial charge in [0, 0.05) is 10.9 Å². The number of amides is 4. The van der Waals surface area contributed by atoms with E-state index in [1.165, 1.54) is 11.8 Å². The molecule has 0 saturated heterocycles. The molecule has 2 aliphatic rings. The molecule has 1 saturated carbocycles. The maximum absolute atomic E-state index is 12.0. The van der Waals surface area contributed by atoms with Crippen LogP contribution in [0.15, 0.2) is 29.2 Å². The number of ether oxygens (including phenoxy) is 1. The van der Waals surface area contributed by atoms with Gasteiger partial charge in [0.05, 0.1) is 17.4 Å². The van der Waals surface area contributed by atoms with Crippen LogP contribution in [0.4, 0.5) is 10.5 Å². The van der Waals surface area contributed by atoms with E-state index >= 15 is 0 Å². The highest BCUT2D eigenvalue weighted by Crippen LogP contribution is 2.36. The SMILES string of the molecule is O=C(COC(=O)C[C@H]1Sc2ccccc2NC1=O)NC(=O)NC1CC1. The van der Waals surface area contributed by atoms with E-state index in [-0.39, 0.29) is 18.4 Å². The Morgan fingerprint density at radius 3 is 2.76 bits per heavy atom. The van der Waals surface area contributed by atoms with Crippen LogP contribution >= 0.6 is 11.8 Å². The molecule has 0 spiro atoms. The molecular formula is C16H17N3O5S. The molecule has 3 N–H and O–H groups in total. The zero-order chi connectivity index (χ0) is 17.8. The number of hydrogen-bond acceptors (Lipinski definition) is 6. The number of rotatable bonds is 5. The minimum atomic E-state index is -0.711. The lowest BCUT2D eigenvalue weighted by Gasteiger charge is -2.23. The topological polar surface area (TPSA) is 114 Å². The standard InChI is InChI=1S/C16H17N3O5S/c20-13(19-16(23)17-9-5-6-9)8-24-14(21)7-12-15(22)18-10-3-1-2-4-11(10)25-12/h1-4,9,12H,5-8H2,(H,18,22)(H2,17,19,20,23)/t12-/m1/s1. The minimum Gasteiger partial charge on any atom is -0.456 e. The number of urea groups is 1. The molecule has 1 atom stereocenters. The summed E-state index contributed by atoms with van der Waals surface area (Å²) in [5, 5.41) is 6.78. The predicted molar refractivity (Wildman–Crippen MR) is 90.0 cm³/mol. The normalized spacial score (nSPS) is 18.6. The lowest BCUT2D eigenvalue weighted by atomic mass is 10.2. The summed E-state index contributed by atoms with van der Waals surface area (Å²) in [6.45, 7) is -0.563. The number of fused-ring (bicyclic) bond motifs is 1. The molecule has 0 unspecified atom stereocenters. The molecule has 1 heterocycles. The van der Waals surface area contributed by atoms with Gasteiger partial charge in [-0.15, -0.1) is 11.8 Å². The number of anilines is 1. The molecule has 1 aliphatic carbocycles. The predicted octanol–water partition coefficient (Wildman–Crippen LogP) is 1.02. The Labute approximate surface area is 148 Å². The summed E-state index contributed by atoms with van der Waals surface area (Å²) in [4.78, 5) is 47.7. The maximum Gasteiger partial charge on any atom is 0.321 e. The second kappa shape index (κ2) is 7.56. The van der Waals surface area contributed by atoms with E-state index in [0.29, 0.717) is 5.69 Å². The van der Waals surface area contributed by atoms with Crippen LogP contribution in [-0.4, -0.2) is 41.7 Å². The summed E-state index contributed by atoms with van der Waals surface area (Å²) in [5.74, 6) is -1.67. The first-order valence-corrected chi connectivity index (χ1v) is 8.72. The van der Waals surface area contributed by atoms with Crippen molar-refractivity contribution in [1.29, 1.82) is 0 Å². The van der Waals surface area contributed by atoms with Crippen LogP contribution < -0.4 is 16.0 Å². The number of para-hydroxylation sites is 1. The van der Waals surface area contributed by atoms with E-state index in [2.05, 4.69) is 16.0 Å². The number of carbonyl (C=O) groups excluding carboxylic acids is 4. The quantitative estimate of drug-likeness (QED) is 0.673. The van der Waals surface area contributed by atoms with Crippen LogP contribution in [0, 0.1) is 0 Å². The van der Waals surface area contributed by atoms with E-state index in [9.17, 15) is 19.2 Å². The third-order valence-electron chi connectivity index (χ3n) is 3.59. The largest absolute Gasteiger partial charge is 0.456 e. The highest BCUT2D eigenvalue weighted by Gasteiger charge is 2.29. The number of nitrogens with one attached hydrogen (secondary N) is 3. The highest BCUT2D eigenvalue weighted by atomic mass is 32.2. The highest BCUT2D eigenvalue weighted by molar-refractivity contribution is 8.01. The molecule has 1 fully saturated rings. The molecule has 132 valence electrons. The molecule has 3 rings (SSSR count). The van der Waals surface area contributed by atoms with Crippen molar-refractivity contribution in [2.75, 3.05) is 11.9 Å². The Morgan fingerprint density at radius 2 is 2.00 bits per heavy atom. The van der Waals surface area contributed by atoms with E-state index in [4.69, 9.17) is 4.74 Å². The second-order valence-corrected chi connectivity index (χ2v) is 7.00. The maximum atomic E-state index is 12.0. The molecule has 9 heteroatoms. The van der Waals surface area contributed by atoms with Gasteiger partial charge in [-0.05, 0) is 25.0 Å². The fraction of sp³-hybridized carbons (Fsp3) is 0.375. The smallest absolute Gasteiger partial charge is 0.321 e. The molecule has 0 bridgehead atoms. The molecule has 8 nitrogen and oxygen atoms in total.